The van der Waals surface area contributed by atoms with Crippen molar-refractivity contribution in [3.63, 3.8) is 0 Å². The van der Waals surface area contributed by atoms with Gasteiger partial charge >= 0.3 is 39.5 Å². The molecule has 102 heavy (non-hydrogen) atoms. The molecule has 0 aromatic carbocycles. The molecule has 0 aromatic rings. The Bertz CT molecular complexity index is 1990. The third kappa shape index (κ3) is 76.3. The lowest BCUT2D eigenvalue weighted by Gasteiger charge is -2.21. The molecule has 0 aliphatic rings. The van der Waals surface area contributed by atoms with Gasteiger partial charge in [-0.15, -0.1) is 0 Å². The Hall–Kier alpha value is -1.94. The zero-order chi connectivity index (χ0) is 75.3. The Morgan fingerprint density at radius 1 is 0.245 bits per heavy atom. The van der Waals surface area contributed by atoms with Crippen LogP contribution in [-0.2, 0) is 65.4 Å². The number of unbranched alkanes of at least 4 members (excludes halogenated alkanes) is 46. The lowest BCUT2D eigenvalue weighted by atomic mass is 10.0. The second kappa shape index (κ2) is 72.0. The van der Waals surface area contributed by atoms with E-state index in [1.165, 1.54) is 225 Å². The molecule has 0 aliphatic heterocycles. The fourth-order valence-corrected chi connectivity index (χ4v) is 14.4. The summed E-state index contributed by atoms with van der Waals surface area (Å²) in [5.41, 5.74) is 0. The average molecular weight is 1490 g/mol. The third-order valence-corrected chi connectivity index (χ3v) is 21.2. The van der Waals surface area contributed by atoms with Crippen LogP contribution in [0.5, 0.6) is 0 Å². The SMILES string of the molecule is CC(C)CCCCCCCCCCCCCCCCCCCCC(=O)O[C@H](COC(=O)CCCCCCCCCCCCC(C)C)COP(=O)(O)OCC(O)COP(=O)(O)OC[C@@H](COC(=O)CCCCCCCCCC(C)C)OC(=O)CCCCCCCCCCCCCCCCCC(C)C. The highest BCUT2D eigenvalue weighted by atomic mass is 31.2. The van der Waals surface area contributed by atoms with Gasteiger partial charge in [-0.05, 0) is 49.4 Å². The number of ether oxygens (including phenoxy) is 4. The number of esters is 4. The molecule has 0 spiro atoms. The molecule has 0 radical (unpaired) electrons. The highest BCUT2D eigenvalue weighted by molar-refractivity contribution is 7.47. The van der Waals surface area contributed by atoms with Gasteiger partial charge in [0.2, 0.25) is 0 Å². The van der Waals surface area contributed by atoms with Crippen molar-refractivity contribution in [1.29, 1.82) is 0 Å². The summed E-state index contributed by atoms with van der Waals surface area (Å²) in [5.74, 6) is 0.974. The van der Waals surface area contributed by atoms with E-state index in [0.29, 0.717) is 31.6 Å². The van der Waals surface area contributed by atoms with Crippen LogP contribution in [0.3, 0.4) is 0 Å². The van der Waals surface area contributed by atoms with E-state index >= 15 is 0 Å². The Kier molecular flexibility index (Phi) is 70.6. The molecule has 3 unspecified atom stereocenters. The van der Waals surface area contributed by atoms with Crippen molar-refractivity contribution in [3.05, 3.63) is 0 Å². The number of hydrogen-bond donors (Lipinski definition) is 3. The molecule has 0 saturated heterocycles. The summed E-state index contributed by atoms with van der Waals surface area (Å²) < 4.78 is 68.8. The zero-order valence-corrected chi connectivity index (χ0v) is 69.0. The van der Waals surface area contributed by atoms with Gasteiger partial charge in [0, 0.05) is 25.7 Å². The first-order chi connectivity index (χ1) is 49.1. The van der Waals surface area contributed by atoms with Crippen LogP contribution in [-0.4, -0.2) is 96.7 Å². The highest BCUT2D eigenvalue weighted by Gasteiger charge is 2.30. The van der Waals surface area contributed by atoms with Crippen LogP contribution in [0.2, 0.25) is 0 Å². The monoisotopic (exact) mass is 1490 g/mol. The summed E-state index contributed by atoms with van der Waals surface area (Å²) in [6.07, 6.45) is 59.8. The van der Waals surface area contributed by atoms with Crippen LogP contribution in [0.25, 0.3) is 0 Å². The fourth-order valence-electron chi connectivity index (χ4n) is 12.8. The minimum absolute atomic E-state index is 0.107. The summed E-state index contributed by atoms with van der Waals surface area (Å²) in [6.45, 7) is 14.3. The molecule has 3 N–H and O–H groups in total. The second-order valence-corrected chi connectivity index (χ2v) is 34.7. The first kappa shape index (κ1) is 100. The molecule has 19 heteroatoms. The predicted octanol–water partition coefficient (Wildman–Crippen LogP) is 24.8. The molecule has 17 nitrogen and oxygen atoms in total. The normalized spacial score (nSPS) is 14.0. The first-order valence-corrected chi connectivity index (χ1v) is 45.7. The molecule has 0 aromatic heterocycles. The first-order valence-electron chi connectivity index (χ1n) is 42.7. The van der Waals surface area contributed by atoms with E-state index in [-0.39, 0.29) is 25.7 Å². The molecule has 5 atom stereocenters. The summed E-state index contributed by atoms with van der Waals surface area (Å²) in [7, 11) is -9.92. The van der Waals surface area contributed by atoms with Crippen LogP contribution in [0, 0.1) is 23.7 Å². The number of phosphoric acid groups is 2. The third-order valence-electron chi connectivity index (χ3n) is 19.3. The van der Waals surface area contributed by atoms with Crippen molar-refractivity contribution in [2.24, 2.45) is 23.7 Å². The van der Waals surface area contributed by atoms with Gasteiger partial charge in [0.05, 0.1) is 26.4 Å². The van der Waals surface area contributed by atoms with Gasteiger partial charge in [0.25, 0.3) is 0 Å². The topological polar surface area (TPSA) is 237 Å². The molecule has 606 valence electrons. The standard InChI is InChI=1S/C83H162O17P2/c1-73(2)59-51-43-35-28-22-18-14-11-9-10-12-16-20-24-32-40-49-57-65-82(87)99-78(69-93-80(85)63-55-47-39-31-27-26-30-37-45-53-61-75(5)6)71-97-101(89,90)95-67-77(84)68-96-102(91,92)98-72-79(70-94-81(86)64-56-48-42-34-38-46-54-62-76(7)8)100-83(88)66-58-50-41-33-25-21-17-13-15-19-23-29-36-44-52-60-74(3)4/h73-79,84H,9-72H2,1-8H3,(H,89,90)(H,91,92)/t77?,78-,79-/m1/s1. The summed E-state index contributed by atoms with van der Waals surface area (Å²) >= 11 is 0. The Labute approximate surface area is 626 Å². The van der Waals surface area contributed by atoms with Gasteiger partial charge in [-0.25, -0.2) is 9.13 Å². The van der Waals surface area contributed by atoms with Crippen molar-refractivity contribution in [3.8, 4) is 0 Å². The predicted molar refractivity (Wildman–Crippen MR) is 418 cm³/mol. The van der Waals surface area contributed by atoms with Crippen LogP contribution in [0.1, 0.15) is 428 Å². The van der Waals surface area contributed by atoms with Gasteiger partial charge in [-0.1, -0.05) is 376 Å². The second-order valence-electron chi connectivity index (χ2n) is 31.8. The summed E-state index contributed by atoms with van der Waals surface area (Å²) in [5, 5.41) is 10.7. The number of phosphoric ester groups is 2. The van der Waals surface area contributed by atoms with Gasteiger partial charge < -0.3 is 33.8 Å². The zero-order valence-electron chi connectivity index (χ0n) is 67.2. The Morgan fingerprint density at radius 2 is 0.412 bits per heavy atom. The van der Waals surface area contributed by atoms with Crippen molar-refractivity contribution in [2.45, 2.75) is 446 Å². The summed E-state index contributed by atoms with van der Waals surface area (Å²) in [4.78, 5) is 73.1. The van der Waals surface area contributed by atoms with Crippen LogP contribution in [0.15, 0.2) is 0 Å². The van der Waals surface area contributed by atoms with E-state index in [1.54, 1.807) is 0 Å². The molecule has 0 bridgehead atoms. The molecular weight excluding hydrogens is 1330 g/mol. The molecule has 0 aliphatic carbocycles. The van der Waals surface area contributed by atoms with E-state index in [0.717, 1.165) is 114 Å². The number of hydrogen-bond acceptors (Lipinski definition) is 15. The number of carbonyl (C=O) groups is 4. The average Bonchev–Trinajstić information content (AvgIpc) is 0.927. The number of carbonyl (C=O) groups excluding carboxylic acids is 4. The molecular formula is C83H162O17P2. The van der Waals surface area contributed by atoms with E-state index in [1.807, 2.05) is 0 Å². The van der Waals surface area contributed by atoms with E-state index < -0.39 is 97.5 Å². The van der Waals surface area contributed by atoms with E-state index in [4.69, 9.17) is 37.0 Å². The highest BCUT2D eigenvalue weighted by Crippen LogP contribution is 2.45. The maximum atomic E-state index is 13.1. The van der Waals surface area contributed by atoms with Crippen LogP contribution < -0.4 is 0 Å². The van der Waals surface area contributed by atoms with Crippen molar-refractivity contribution >= 4 is 39.5 Å². The number of aliphatic hydroxyl groups excluding tert-OH is 1. The van der Waals surface area contributed by atoms with Crippen molar-refractivity contribution in [2.75, 3.05) is 39.6 Å². The smallest absolute Gasteiger partial charge is 0.462 e. The van der Waals surface area contributed by atoms with Gasteiger partial charge in [0.1, 0.15) is 19.3 Å². The summed E-state index contributed by atoms with van der Waals surface area (Å²) in [6, 6.07) is 0. The van der Waals surface area contributed by atoms with Crippen molar-refractivity contribution in [1.82, 2.24) is 0 Å². The van der Waals surface area contributed by atoms with Crippen LogP contribution >= 0.6 is 15.6 Å². The maximum absolute atomic E-state index is 13.1. The largest absolute Gasteiger partial charge is 0.472 e. The molecule has 0 amide bonds. The molecule has 0 fully saturated rings. The minimum atomic E-state index is -4.96. The maximum Gasteiger partial charge on any atom is 0.472 e. The Balaban J connectivity index is 5.21. The lowest BCUT2D eigenvalue weighted by molar-refractivity contribution is -0.161. The molecule has 0 saturated carbocycles. The number of aliphatic hydroxyl groups is 1. The molecule has 0 rings (SSSR count). The van der Waals surface area contributed by atoms with Gasteiger partial charge in [-0.2, -0.15) is 0 Å². The van der Waals surface area contributed by atoms with Crippen LogP contribution in [0.4, 0.5) is 0 Å². The fraction of sp³-hybridized carbons (Fsp3) is 0.952. The lowest BCUT2D eigenvalue weighted by Crippen LogP contribution is -2.30. The van der Waals surface area contributed by atoms with E-state index in [9.17, 15) is 43.2 Å². The Morgan fingerprint density at radius 3 is 0.608 bits per heavy atom. The number of rotatable bonds is 80. The van der Waals surface area contributed by atoms with E-state index in [2.05, 4.69) is 55.4 Å². The van der Waals surface area contributed by atoms with Gasteiger partial charge in [-0.3, -0.25) is 37.3 Å². The molecule has 0 heterocycles. The van der Waals surface area contributed by atoms with Crippen molar-refractivity contribution < 1.29 is 80.2 Å². The quantitative estimate of drug-likeness (QED) is 0.0222. The minimum Gasteiger partial charge on any atom is -0.462 e. The van der Waals surface area contributed by atoms with Gasteiger partial charge in [0.15, 0.2) is 12.2 Å².